The lowest BCUT2D eigenvalue weighted by molar-refractivity contribution is -0.384. The molecule has 0 aromatic heterocycles. The van der Waals surface area contributed by atoms with Crippen molar-refractivity contribution in [1.29, 1.82) is 0 Å². The second kappa shape index (κ2) is 6.32. The summed E-state index contributed by atoms with van der Waals surface area (Å²) in [5.41, 5.74) is -0.321. The summed E-state index contributed by atoms with van der Waals surface area (Å²) in [5, 5.41) is 20.3. The van der Waals surface area contributed by atoms with Gasteiger partial charge >= 0.3 is 0 Å². The van der Waals surface area contributed by atoms with E-state index in [1.54, 1.807) is 27.0 Å². The van der Waals surface area contributed by atoms with Gasteiger partial charge < -0.3 is 10.0 Å². The topological polar surface area (TPSA) is 83.7 Å². The minimum absolute atomic E-state index is 0.0297. The number of carbonyl (C=O) groups is 1. The molecule has 0 fully saturated rings. The summed E-state index contributed by atoms with van der Waals surface area (Å²) in [6, 6.07) is 4.29. The van der Waals surface area contributed by atoms with Crippen LogP contribution >= 0.6 is 15.9 Å². The van der Waals surface area contributed by atoms with Gasteiger partial charge in [0.2, 0.25) is 5.91 Å². The zero-order valence-electron chi connectivity index (χ0n) is 11.6. The zero-order chi connectivity index (χ0) is 15.5. The quantitative estimate of drug-likeness (QED) is 0.655. The van der Waals surface area contributed by atoms with Gasteiger partial charge in [0.05, 0.1) is 16.9 Å². The molecule has 0 saturated carbocycles. The fraction of sp³-hybridized carbons (Fsp3) is 0.462. The number of non-ortho nitro benzene ring substituents is 1. The molecule has 20 heavy (non-hydrogen) atoms. The first-order valence-electron chi connectivity index (χ1n) is 5.99. The highest BCUT2D eigenvalue weighted by molar-refractivity contribution is 9.10. The summed E-state index contributed by atoms with van der Waals surface area (Å²) >= 11 is 3.23. The first kappa shape index (κ1) is 16.6. The highest BCUT2D eigenvalue weighted by Gasteiger charge is 2.20. The molecule has 0 aliphatic rings. The fourth-order valence-electron chi connectivity index (χ4n) is 1.76. The van der Waals surface area contributed by atoms with Gasteiger partial charge in [0, 0.05) is 30.2 Å². The van der Waals surface area contributed by atoms with Crippen molar-refractivity contribution in [2.24, 2.45) is 0 Å². The molecule has 0 saturated heterocycles. The predicted octanol–water partition coefficient (Wildman–Crippen LogP) is 2.13. The van der Waals surface area contributed by atoms with Crippen LogP contribution in [0.25, 0.3) is 0 Å². The second-order valence-corrected chi connectivity index (χ2v) is 6.13. The number of nitro benzene ring substituents is 1. The Bertz CT molecular complexity index is 526. The molecule has 7 heteroatoms. The number of halogens is 1. The summed E-state index contributed by atoms with van der Waals surface area (Å²) in [4.78, 5) is 23.6. The third-order valence-electron chi connectivity index (χ3n) is 2.64. The van der Waals surface area contributed by atoms with E-state index in [2.05, 4.69) is 15.9 Å². The highest BCUT2D eigenvalue weighted by Crippen LogP contribution is 2.23. The molecule has 6 nitrogen and oxygen atoms in total. The summed E-state index contributed by atoms with van der Waals surface area (Å²) in [5.74, 6) is -0.165. The van der Waals surface area contributed by atoms with Crippen LogP contribution in [0.2, 0.25) is 0 Å². The Balaban J connectivity index is 2.78. The van der Waals surface area contributed by atoms with Gasteiger partial charge in [-0.2, -0.15) is 0 Å². The summed E-state index contributed by atoms with van der Waals surface area (Å²) in [6.07, 6.45) is 0.116. The monoisotopic (exact) mass is 344 g/mol. The number of hydrogen-bond acceptors (Lipinski definition) is 4. The Morgan fingerprint density at radius 2 is 2.10 bits per heavy atom. The Morgan fingerprint density at radius 3 is 2.55 bits per heavy atom. The maximum Gasteiger partial charge on any atom is 0.270 e. The Hall–Kier alpha value is -1.47. The number of amides is 1. The van der Waals surface area contributed by atoms with Crippen molar-refractivity contribution in [3.63, 3.8) is 0 Å². The van der Waals surface area contributed by atoms with E-state index in [9.17, 15) is 20.0 Å². The third-order valence-corrected chi connectivity index (χ3v) is 3.38. The van der Waals surface area contributed by atoms with E-state index in [-0.39, 0.29) is 24.6 Å². The Morgan fingerprint density at radius 1 is 1.50 bits per heavy atom. The van der Waals surface area contributed by atoms with Gasteiger partial charge in [-0.15, -0.1) is 0 Å². The molecule has 1 amide bonds. The second-order valence-electron chi connectivity index (χ2n) is 5.27. The first-order chi connectivity index (χ1) is 9.10. The average molecular weight is 345 g/mol. The van der Waals surface area contributed by atoms with E-state index in [1.807, 2.05) is 0 Å². The van der Waals surface area contributed by atoms with Crippen LogP contribution in [-0.2, 0) is 11.2 Å². The van der Waals surface area contributed by atoms with Gasteiger partial charge in [0.1, 0.15) is 0 Å². The summed E-state index contributed by atoms with van der Waals surface area (Å²) < 4.78 is 0.525. The maximum absolute atomic E-state index is 12.0. The fourth-order valence-corrected chi connectivity index (χ4v) is 2.27. The van der Waals surface area contributed by atoms with E-state index in [1.165, 1.54) is 17.0 Å². The number of benzene rings is 1. The molecule has 1 rings (SSSR count). The minimum Gasteiger partial charge on any atom is -0.389 e. The molecule has 0 radical (unpaired) electrons. The SMILES string of the molecule is CN(CC(C)(C)O)C(=O)Cc1ccc([N+](=O)[O-])cc1Br. The van der Waals surface area contributed by atoms with Crippen LogP contribution < -0.4 is 0 Å². The number of nitro groups is 1. The lowest BCUT2D eigenvalue weighted by Crippen LogP contribution is -2.40. The van der Waals surface area contributed by atoms with Crippen molar-refractivity contribution in [2.75, 3.05) is 13.6 Å². The number of likely N-dealkylation sites (N-methyl/N-ethyl adjacent to an activating group) is 1. The molecule has 0 bridgehead atoms. The van der Waals surface area contributed by atoms with Crippen molar-refractivity contribution >= 4 is 27.5 Å². The van der Waals surface area contributed by atoms with Gasteiger partial charge in [0.15, 0.2) is 0 Å². The summed E-state index contributed by atoms with van der Waals surface area (Å²) in [6.45, 7) is 3.47. The normalized spacial score (nSPS) is 11.2. The average Bonchev–Trinajstić information content (AvgIpc) is 2.29. The third kappa shape index (κ3) is 4.90. The van der Waals surface area contributed by atoms with Gasteiger partial charge in [-0.3, -0.25) is 14.9 Å². The zero-order valence-corrected chi connectivity index (χ0v) is 13.2. The molecule has 110 valence electrons. The van der Waals surface area contributed by atoms with E-state index in [0.29, 0.717) is 10.0 Å². The van der Waals surface area contributed by atoms with Gasteiger partial charge in [-0.05, 0) is 19.4 Å². The number of rotatable bonds is 5. The molecule has 1 aromatic carbocycles. The van der Waals surface area contributed by atoms with Crippen molar-refractivity contribution < 1.29 is 14.8 Å². The van der Waals surface area contributed by atoms with Crippen molar-refractivity contribution in [2.45, 2.75) is 25.9 Å². The molecule has 0 aliphatic heterocycles. The Labute approximate surface area is 125 Å². The largest absolute Gasteiger partial charge is 0.389 e. The van der Waals surface area contributed by atoms with Crippen LogP contribution in [0.4, 0.5) is 5.69 Å². The van der Waals surface area contributed by atoms with Crippen molar-refractivity contribution in [3.8, 4) is 0 Å². The van der Waals surface area contributed by atoms with Crippen LogP contribution in [0, 0.1) is 10.1 Å². The lowest BCUT2D eigenvalue weighted by Gasteiger charge is -2.25. The van der Waals surface area contributed by atoms with Crippen LogP contribution in [-0.4, -0.2) is 40.0 Å². The molecule has 1 N–H and O–H groups in total. The van der Waals surface area contributed by atoms with Crippen LogP contribution in [0.1, 0.15) is 19.4 Å². The molecule has 0 unspecified atom stereocenters. The number of hydrogen-bond donors (Lipinski definition) is 1. The van der Waals surface area contributed by atoms with Crippen molar-refractivity contribution in [1.82, 2.24) is 4.90 Å². The minimum atomic E-state index is -0.961. The first-order valence-corrected chi connectivity index (χ1v) is 6.78. The number of nitrogens with zero attached hydrogens (tertiary/aromatic N) is 2. The molecule has 0 atom stereocenters. The molecular weight excluding hydrogens is 328 g/mol. The van der Waals surface area contributed by atoms with E-state index in [4.69, 9.17) is 0 Å². The molecule has 0 spiro atoms. The van der Waals surface area contributed by atoms with Crippen LogP contribution in [0.5, 0.6) is 0 Å². The van der Waals surface area contributed by atoms with Gasteiger partial charge in [-0.1, -0.05) is 22.0 Å². The van der Waals surface area contributed by atoms with E-state index in [0.717, 1.165) is 0 Å². The lowest BCUT2D eigenvalue weighted by atomic mass is 10.1. The van der Waals surface area contributed by atoms with Crippen LogP contribution in [0.15, 0.2) is 22.7 Å². The smallest absolute Gasteiger partial charge is 0.270 e. The van der Waals surface area contributed by atoms with Gasteiger partial charge in [0.25, 0.3) is 5.69 Å². The molecule has 1 aromatic rings. The van der Waals surface area contributed by atoms with E-state index < -0.39 is 10.5 Å². The molecule has 0 aliphatic carbocycles. The molecule has 0 heterocycles. The van der Waals surface area contributed by atoms with Crippen molar-refractivity contribution in [3.05, 3.63) is 38.3 Å². The molecular formula is C13H17BrN2O4. The number of carbonyl (C=O) groups excluding carboxylic acids is 1. The predicted molar refractivity (Wildman–Crippen MR) is 78.4 cm³/mol. The van der Waals surface area contributed by atoms with Crippen LogP contribution in [0.3, 0.4) is 0 Å². The highest BCUT2D eigenvalue weighted by atomic mass is 79.9. The van der Waals surface area contributed by atoms with Gasteiger partial charge in [-0.25, -0.2) is 0 Å². The summed E-state index contributed by atoms with van der Waals surface area (Å²) in [7, 11) is 1.61. The van der Waals surface area contributed by atoms with E-state index >= 15 is 0 Å². The standard InChI is InChI=1S/C13H17BrN2O4/c1-13(2,18)8-15(3)12(17)6-9-4-5-10(16(19)20)7-11(9)14/h4-5,7,18H,6,8H2,1-3H3. The maximum atomic E-state index is 12.0. The Kier molecular flexibility index (Phi) is 5.24. The number of aliphatic hydroxyl groups is 1.